The zero-order valence-corrected chi connectivity index (χ0v) is 12.9. The molecule has 106 valence electrons. The molecular formula is C15H24N2OS. The number of thiophene rings is 1. The standard InChI is InChI=1S/C15H24N2OS/c1-11-9-17(10-12(2)16-11)15(18)6-4-5-14-8-7-13(3)19-14/h7-8,11-12,16H,4-6,9-10H2,1-3H3/t11-,12+. The molecule has 19 heavy (non-hydrogen) atoms. The van der Waals surface area contributed by atoms with E-state index in [1.807, 2.05) is 16.2 Å². The normalized spacial score (nSPS) is 23.6. The summed E-state index contributed by atoms with van der Waals surface area (Å²) in [7, 11) is 0. The van der Waals surface area contributed by atoms with Gasteiger partial charge in [-0.05, 0) is 45.7 Å². The Bertz CT molecular complexity index is 420. The first-order valence-electron chi connectivity index (χ1n) is 7.13. The average Bonchev–Trinajstić information content (AvgIpc) is 2.73. The van der Waals surface area contributed by atoms with Gasteiger partial charge >= 0.3 is 0 Å². The molecule has 0 aromatic carbocycles. The summed E-state index contributed by atoms with van der Waals surface area (Å²) in [6, 6.07) is 5.15. The van der Waals surface area contributed by atoms with Crippen molar-refractivity contribution in [2.45, 2.75) is 52.1 Å². The predicted octanol–water partition coefficient (Wildman–Crippen LogP) is 2.59. The second-order valence-electron chi connectivity index (χ2n) is 5.63. The lowest BCUT2D eigenvalue weighted by molar-refractivity contribution is -0.133. The van der Waals surface area contributed by atoms with Gasteiger partial charge < -0.3 is 10.2 Å². The van der Waals surface area contributed by atoms with E-state index in [4.69, 9.17) is 0 Å². The highest BCUT2D eigenvalue weighted by molar-refractivity contribution is 7.11. The number of hydrogen-bond donors (Lipinski definition) is 1. The number of nitrogens with zero attached hydrogens (tertiary/aromatic N) is 1. The summed E-state index contributed by atoms with van der Waals surface area (Å²) >= 11 is 1.84. The van der Waals surface area contributed by atoms with Gasteiger partial charge in [-0.3, -0.25) is 4.79 Å². The van der Waals surface area contributed by atoms with Crippen LogP contribution in [0.25, 0.3) is 0 Å². The van der Waals surface area contributed by atoms with Gasteiger partial charge in [-0.25, -0.2) is 0 Å². The molecule has 0 spiro atoms. The first-order valence-corrected chi connectivity index (χ1v) is 7.95. The summed E-state index contributed by atoms with van der Waals surface area (Å²) in [6.07, 6.45) is 2.67. The first-order chi connectivity index (χ1) is 9.04. The Labute approximate surface area is 120 Å². The van der Waals surface area contributed by atoms with Gasteiger partial charge in [0.05, 0.1) is 0 Å². The second kappa shape index (κ2) is 6.53. The number of rotatable bonds is 4. The highest BCUT2D eigenvalue weighted by atomic mass is 32.1. The predicted molar refractivity (Wildman–Crippen MR) is 80.6 cm³/mol. The van der Waals surface area contributed by atoms with Gasteiger partial charge in [0.15, 0.2) is 0 Å². The molecule has 0 saturated carbocycles. The Morgan fingerprint density at radius 3 is 2.63 bits per heavy atom. The van der Waals surface area contributed by atoms with Crippen molar-refractivity contribution in [1.82, 2.24) is 10.2 Å². The number of piperazine rings is 1. The Balaban J connectivity index is 1.74. The lowest BCUT2D eigenvalue weighted by atomic mass is 10.1. The van der Waals surface area contributed by atoms with Gasteiger partial charge in [0.1, 0.15) is 0 Å². The summed E-state index contributed by atoms with van der Waals surface area (Å²) in [5, 5.41) is 3.46. The molecule has 4 heteroatoms. The van der Waals surface area contributed by atoms with Gasteiger partial charge in [-0.1, -0.05) is 0 Å². The number of carbonyl (C=O) groups is 1. The van der Waals surface area contributed by atoms with Gasteiger partial charge in [-0.2, -0.15) is 0 Å². The SMILES string of the molecule is Cc1ccc(CCCC(=O)N2C[C@@H](C)N[C@@H](C)C2)s1. The Morgan fingerprint density at radius 1 is 1.37 bits per heavy atom. The number of hydrogen-bond acceptors (Lipinski definition) is 3. The van der Waals surface area contributed by atoms with E-state index in [2.05, 4.69) is 38.2 Å². The molecule has 2 heterocycles. The lowest BCUT2D eigenvalue weighted by Crippen LogP contribution is -2.55. The van der Waals surface area contributed by atoms with Crippen LogP contribution in [0.1, 0.15) is 36.4 Å². The fraction of sp³-hybridized carbons (Fsp3) is 0.667. The Hall–Kier alpha value is -0.870. The molecule has 1 aliphatic heterocycles. The monoisotopic (exact) mass is 280 g/mol. The van der Waals surface area contributed by atoms with Gasteiger partial charge in [-0.15, -0.1) is 11.3 Å². The number of amides is 1. The Kier molecular flexibility index (Phi) is 4.99. The molecule has 1 aliphatic rings. The van der Waals surface area contributed by atoms with Crippen LogP contribution in [0.4, 0.5) is 0 Å². The largest absolute Gasteiger partial charge is 0.340 e. The van der Waals surface area contributed by atoms with E-state index >= 15 is 0 Å². The molecular weight excluding hydrogens is 256 g/mol. The fourth-order valence-corrected chi connectivity index (χ4v) is 3.65. The van der Waals surface area contributed by atoms with Crippen LogP contribution in [0, 0.1) is 6.92 Å². The van der Waals surface area contributed by atoms with Crippen molar-refractivity contribution in [3.63, 3.8) is 0 Å². The summed E-state index contributed by atoms with van der Waals surface area (Å²) < 4.78 is 0. The van der Waals surface area contributed by atoms with E-state index in [-0.39, 0.29) is 0 Å². The highest BCUT2D eigenvalue weighted by Gasteiger charge is 2.24. The minimum Gasteiger partial charge on any atom is -0.340 e. The van der Waals surface area contributed by atoms with Crippen molar-refractivity contribution < 1.29 is 4.79 Å². The zero-order valence-electron chi connectivity index (χ0n) is 12.1. The zero-order chi connectivity index (χ0) is 13.8. The van der Waals surface area contributed by atoms with E-state index in [1.165, 1.54) is 9.75 Å². The van der Waals surface area contributed by atoms with Crippen molar-refractivity contribution in [1.29, 1.82) is 0 Å². The molecule has 2 atom stereocenters. The van der Waals surface area contributed by atoms with Crippen molar-refractivity contribution in [3.8, 4) is 0 Å². The fourth-order valence-electron chi connectivity index (χ4n) is 2.72. The third-order valence-electron chi connectivity index (χ3n) is 3.52. The number of carbonyl (C=O) groups excluding carboxylic acids is 1. The third-order valence-corrected chi connectivity index (χ3v) is 4.58. The molecule has 0 aliphatic carbocycles. The summed E-state index contributed by atoms with van der Waals surface area (Å²) in [5.41, 5.74) is 0. The summed E-state index contributed by atoms with van der Waals surface area (Å²) in [6.45, 7) is 8.11. The summed E-state index contributed by atoms with van der Waals surface area (Å²) in [5.74, 6) is 0.313. The van der Waals surface area contributed by atoms with E-state index in [0.717, 1.165) is 25.9 Å². The van der Waals surface area contributed by atoms with E-state index < -0.39 is 0 Å². The van der Waals surface area contributed by atoms with Crippen LogP contribution >= 0.6 is 11.3 Å². The molecule has 0 unspecified atom stereocenters. The van der Waals surface area contributed by atoms with E-state index in [9.17, 15) is 4.79 Å². The maximum atomic E-state index is 12.2. The smallest absolute Gasteiger partial charge is 0.222 e. The van der Waals surface area contributed by atoms with Crippen LogP contribution < -0.4 is 5.32 Å². The Morgan fingerprint density at radius 2 is 2.05 bits per heavy atom. The quantitative estimate of drug-likeness (QED) is 0.919. The molecule has 2 rings (SSSR count). The number of nitrogens with one attached hydrogen (secondary N) is 1. The molecule has 3 nitrogen and oxygen atoms in total. The van der Waals surface area contributed by atoms with Crippen molar-refractivity contribution in [2.24, 2.45) is 0 Å². The van der Waals surface area contributed by atoms with Crippen molar-refractivity contribution in [2.75, 3.05) is 13.1 Å². The van der Waals surface area contributed by atoms with Crippen LogP contribution in [0.2, 0.25) is 0 Å². The van der Waals surface area contributed by atoms with Crippen LogP contribution in [0.5, 0.6) is 0 Å². The average molecular weight is 280 g/mol. The van der Waals surface area contributed by atoms with Crippen LogP contribution in [-0.2, 0) is 11.2 Å². The van der Waals surface area contributed by atoms with Crippen LogP contribution in [0.15, 0.2) is 12.1 Å². The molecule has 0 bridgehead atoms. The van der Waals surface area contributed by atoms with Gasteiger partial charge in [0.25, 0.3) is 0 Å². The number of aryl methyl sites for hydroxylation is 2. The molecule has 1 N–H and O–H groups in total. The molecule has 1 fully saturated rings. The minimum absolute atomic E-state index is 0.313. The first kappa shape index (κ1) is 14.5. The van der Waals surface area contributed by atoms with Crippen molar-refractivity contribution in [3.05, 3.63) is 21.9 Å². The van der Waals surface area contributed by atoms with Crippen LogP contribution in [-0.4, -0.2) is 36.0 Å². The maximum Gasteiger partial charge on any atom is 0.222 e. The van der Waals surface area contributed by atoms with E-state index in [1.54, 1.807) is 0 Å². The lowest BCUT2D eigenvalue weighted by Gasteiger charge is -2.36. The molecule has 1 aromatic rings. The molecule has 0 radical (unpaired) electrons. The molecule has 1 amide bonds. The minimum atomic E-state index is 0.313. The van der Waals surface area contributed by atoms with Crippen molar-refractivity contribution >= 4 is 17.2 Å². The van der Waals surface area contributed by atoms with E-state index in [0.29, 0.717) is 24.4 Å². The third kappa shape index (κ3) is 4.32. The second-order valence-corrected chi connectivity index (χ2v) is 7.01. The maximum absolute atomic E-state index is 12.2. The van der Waals surface area contributed by atoms with Gasteiger partial charge in [0.2, 0.25) is 5.91 Å². The molecule has 1 aromatic heterocycles. The van der Waals surface area contributed by atoms with Crippen LogP contribution in [0.3, 0.4) is 0 Å². The summed E-state index contributed by atoms with van der Waals surface area (Å²) in [4.78, 5) is 17.0. The highest BCUT2D eigenvalue weighted by Crippen LogP contribution is 2.17. The molecule has 1 saturated heterocycles. The van der Waals surface area contributed by atoms with Gasteiger partial charge in [0, 0.05) is 41.3 Å². The topological polar surface area (TPSA) is 32.3 Å².